The summed E-state index contributed by atoms with van der Waals surface area (Å²) in [7, 11) is 3.34. The van der Waals surface area contributed by atoms with Crippen molar-refractivity contribution in [2.24, 2.45) is 14.1 Å². The van der Waals surface area contributed by atoms with Gasteiger partial charge >= 0.3 is 5.69 Å². The second-order valence-electron chi connectivity index (χ2n) is 7.16. The Morgan fingerprint density at radius 1 is 1.12 bits per heavy atom. The summed E-state index contributed by atoms with van der Waals surface area (Å²) in [6.07, 6.45) is 4.19. The smallest absolute Gasteiger partial charge is 0.299 e. The van der Waals surface area contributed by atoms with Crippen LogP contribution in [0.5, 0.6) is 0 Å². The minimum atomic E-state index is -0.339. The normalized spacial score (nSPS) is 15.2. The van der Waals surface area contributed by atoms with Crippen LogP contribution in [0.2, 0.25) is 0 Å². The van der Waals surface area contributed by atoms with E-state index in [4.69, 9.17) is 0 Å². The Labute approximate surface area is 149 Å². The molecule has 0 aliphatic heterocycles. The van der Waals surface area contributed by atoms with Crippen LogP contribution in [-0.4, -0.2) is 24.7 Å². The molecule has 3 aromatic rings. The zero-order valence-corrected chi connectivity index (χ0v) is 15.2. The monoisotopic (exact) mass is 354 g/mol. The zero-order valence-electron chi connectivity index (χ0n) is 15.2. The molecule has 7 heteroatoms. The third-order valence-corrected chi connectivity index (χ3v) is 5.50. The van der Waals surface area contributed by atoms with E-state index >= 15 is 0 Å². The van der Waals surface area contributed by atoms with Gasteiger partial charge in [0.05, 0.1) is 11.0 Å². The van der Waals surface area contributed by atoms with E-state index in [0.29, 0.717) is 11.3 Å². The number of aromatic nitrogens is 4. The topological polar surface area (TPSA) is 81.8 Å². The van der Waals surface area contributed by atoms with Crippen molar-refractivity contribution in [3.05, 3.63) is 55.9 Å². The van der Waals surface area contributed by atoms with Crippen molar-refractivity contribution < 1.29 is 4.79 Å². The number of nitrogens with one attached hydrogen (secondary N) is 1. The molecule has 1 fully saturated rings. The molecule has 0 amide bonds. The first-order chi connectivity index (χ1) is 12.4. The summed E-state index contributed by atoms with van der Waals surface area (Å²) in [4.78, 5) is 37.9. The number of fused-ring (bicyclic) bond motifs is 1. The second kappa shape index (κ2) is 5.86. The van der Waals surface area contributed by atoms with Crippen LogP contribution in [-0.2, 0) is 14.1 Å². The maximum atomic E-state index is 12.9. The molecule has 0 bridgehead atoms. The van der Waals surface area contributed by atoms with E-state index < -0.39 is 0 Å². The van der Waals surface area contributed by atoms with E-state index in [0.717, 1.165) is 36.7 Å². The van der Waals surface area contributed by atoms with E-state index in [-0.39, 0.29) is 28.6 Å². The Bertz CT molecular complexity index is 1140. The third kappa shape index (κ3) is 2.30. The predicted molar refractivity (Wildman–Crippen MR) is 98.9 cm³/mol. The quantitative estimate of drug-likeness (QED) is 0.731. The highest BCUT2D eigenvalue weighted by Crippen LogP contribution is 2.31. The van der Waals surface area contributed by atoms with Gasteiger partial charge in [0, 0.05) is 31.4 Å². The summed E-state index contributed by atoms with van der Waals surface area (Å²) < 4.78 is 4.75. The van der Waals surface area contributed by atoms with Crippen molar-refractivity contribution in [1.82, 2.24) is 18.9 Å². The van der Waals surface area contributed by atoms with Gasteiger partial charge in [0.25, 0.3) is 5.56 Å². The van der Waals surface area contributed by atoms with Gasteiger partial charge < -0.3 is 0 Å². The van der Waals surface area contributed by atoms with E-state index in [1.807, 2.05) is 4.57 Å². The van der Waals surface area contributed by atoms with Gasteiger partial charge in [0.2, 0.25) is 5.78 Å². The molecule has 2 heterocycles. The Morgan fingerprint density at radius 3 is 2.42 bits per heavy atom. The van der Waals surface area contributed by atoms with Gasteiger partial charge in [-0.3, -0.25) is 28.5 Å². The number of hydrogen-bond acceptors (Lipinski definition) is 3. The molecule has 0 unspecified atom stereocenters. The van der Waals surface area contributed by atoms with Crippen molar-refractivity contribution in [1.29, 1.82) is 0 Å². The van der Waals surface area contributed by atoms with Crippen molar-refractivity contribution in [2.75, 3.05) is 0 Å². The molecule has 1 aromatic carbocycles. The molecule has 7 nitrogen and oxygen atoms in total. The van der Waals surface area contributed by atoms with Gasteiger partial charge in [-0.25, -0.2) is 4.79 Å². The molecular weight excluding hydrogens is 332 g/mol. The van der Waals surface area contributed by atoms with Gasteiger partial charge in [-0.05, 0) is 38.0 Å². The third-order valence-electron chi connectivity index (χ3n) is 5.50. The van der Waals surface area contributed by atoms with E-state index in [1.54, 1.807) is 43.8 Å². The number of rotatable bonds is 3. The standard InChI is InChI=1S/C19H22N4O3/c1-11-16(18(25)22(3)20-11)17(24)12-8-9-14-15(10-12)23(19(26)21(14)2)13-6-4-5-7-13/h8-10,13,20H,4-7H2,1-3H3. The number of ketones is 1. The fourth-order valence-electron chi connectivity index (χ4n) is 4.12. The summed E-state index contributed by atoms with van der Waals surface area (Å²) in [5, 5.41) is 2.86. The molecule has 0 spiro atoms. The van der Waals surface area contributed by atoms with E-state index in [1.165, 1.54) is 4.68 Å². The highest BCUT2D eigenvalue weighted by atomic mass is 16.2. The van der Waals surface area contributed by atoms with Crippen LogP contribution in [0.15, 0.2) is 27.8 Å². The molecule has 1 N–H and O–H groups in total. The number of nitrogens with zero attached hydrogens (tertiary/aromatic N) is 3. The summed E-state index contributed by atoms with van der Waals surface area (Å²) in [6, 6.07) is 5.42. The predicted octanol–water partition coefficient (Wildman–Crippen LogP) is 2.02. The molecule has 0 saturated heterocycles. The average Bonchev–Trinajstić information content (AvgIpc) is 3.28. The first-order valence-corrected chi connectivity index (χ1v) is 8.91. The van der Waals surface area contributed by atoms with Crippen molar-refractivity contribution >= 4 is 16.8 Å². The van der Waals surface area contributed by atoms with Gasteiger partial charge in [0.1, 0.15) is 5.56 Å². The number of H-pyrrole nitrogens is 1. The van der Waals surface area contributed by atoms with Crippen LogP contribution >= 0.6 is 0 Å². The van der Waals surface area contributed by atoms with Crippen LogP contribution in [0.1, 0.15) is 53.3 Å². The van der Waals surface area contributed by atoms with Gasteiger partial charge in [-0.15, -0.1) is 0 Å². The first-order valence-electron chi connectivity index (χ1n) is 8.91. The van der Waals surface area contributed by atoms with Crippen molar-refractivity contribution in [3.8, 4) is 0 Å². The maximum absolute atomic E-state index is 12.9. The molecule has 136 valence electrons. The average molecular weight is 354 g/mol. The van der Waals surface area contributed by atoms with Crippen molar-refractivity contribution in [2.45, 2.75) is 38.6 Å². The summed E-state index contributed by atoms with van der Waals surface area (Å²) in [5.41, 5.74) is 2.30. The van der Waals surface area contributed by atoms with Crippen LogP contribution in [0.4, 0.5) is 0 Å². The lowest BCUT2D eigenvalue weighted by atomic mass is 10.0. The van der Waals surface area contributed by atoms with Gasteiger partial charge in [0.15, 0.2) is 0 Å². The minimum Gasteiger partial charge on any atom is -0.299 e. The SMILES string of the molecule is Cc1[nH]n(C)c(=O)c1C(=O)c1ccc2c(c1)n(C1CCCC1)c(=O)n2C. The number of carbonyl (C=O) groups is 1. The Balaban J connectivity index is 1.90. The fourth-order valence-corrected chi connectivity index (χ4v) is 4.12. The number of benzene rings is 1. The Morgan fingerprint density at radius 2 is 1.81 bits per heavy atom. The van der Waals surface area contributed by atoms with Crippen LogP contribution in [0.3, 0.4) is 0 Å². The Kier molecular flexibility index (Phi) is 3.75. The zero-order chi connectivity index (χ0) is 18.6. The molecular formula is C19H22N4O3. The largest absolute Gasteiger partial charge is 0.329 e. The second-order valence-corrected chi connectivity index (χ2v) is 7.16. The molecule has 26 heavy (non-hydrogen) atoms. The maximum Gasteiger partial charge on any atom is 0.329 e. The Hall–Kier alpha value is -2.83. The number of imidazole rings is 1. The van der Waals surface area contributed by atoms with Crippen LogP contribution in [0, 0.1) is 6.92 Å². The molecule has 4 rings (SSSR count). The first kappa shape index (κ1) is 16.6. The molecule has 0 atom stereocenters. The number of aromatic amines is 1. The number of hydrogen-bond donors (Lipinski definition) is 1. The highest BCUT2D eigenvalue weighted by Gasteiger charge is 2.24. The van der Waals surface area contributed by atoms with Crippen LogP contribution in [0.25, 0.3) is 11.0 Å². The van der Waals surface area contributed by atoms with Gasteiger partial charge in [-0.2, -0.15) is 0 Å². The molecule has 1 aliphatic rings. The summed E-state index contributed by atoms with van der Waals surface area (Å²) >= 11 is 0. The summed E-state index contributed by atoms with van der Waals surface area (Å²) in [6.45, 7) is 1.71. The van der Waals surface area contributed by atoms with Crippen LogP contribution < -0.4 is 11.2 Å². The number of carbonyl (C=O) groups excluding carboxylic acids is 1. The van der Waals surface area contributed by atoms with Crippen molar-refractivity contribution in [3.63, 3.8) is 0 Å². The molecule has 1 saturated carbocycles. The minimum absolute atomic E-state index is 0.0507. The lowest BCUT2D eigenvalue weighted by molar-refractivity contribution is 0.103. The van der Waals surface area contributed by atoms with Gasteiger partial charge in [-0.1, -0.05) is 12.8 Å². The summed E-state index contributed by atoms with van der Waals surface area (Å²) in [5.74, 6) is -0.319. The van der Waals surface area contributed by atoms with E-state index in [9.17, 15) is 14.4 Å². The molecule has 2 aromatic heterocycles. The number of aryl methyl sites for hydroxylation is 3. The molecule has 1 aliphatic carbocycles. The lowest BCUT2D eigenvalue weighted by Gasteiger charge is -2.11. The molecule has 0 radical (unpaired) electrons. The van der Waals surface area contributed by atoms with E-state index in [2.05, 4.69) is 5.10 Å². The lowest BCUT2D eigenvalue weighted by Crippen LogP contribution is -2.24. The highest BCUT2D eigenvalue weighted by molar-refractivity contribution is 6.10. The fraction of sp³-hybridized carbons (Fsp3) is 0.421.